The number of carbonyl (C=O) groups excluding carboxylic acids is 1. The van der Waals surface area contributed by atoms with E-state index in [0.29, 0.717) is 23.4 Å². The van der Waals surface area contributed by atoms with Gasteiger partial charge in [0.2, 0.25) is 0 Å². The van der Waals surface area contributed by atoms with Gasteiger partial charge in [0.1, 0.15) is 5.76 Å². The third kappa shape index (κ3) is 4.60. The summed E-state index contributed by atoms with van der Waals surface area (Å²) in [4.78, 5) is 14.7. The highest BCUT2D eigenvalue weighted by Crippen LogP contribution is 2.23. The molecule has 2 amide bonds. The van der Waals surface area contributed by atoms with Gasteiger partial charge in [-0.15, -0.1) is 0 Å². The van der Waals surface area contributed by atoms with Crippen LogP contribution in [0.15, 0.2) is 40.9 Å². The number of hydrogen-bond acceptors (Lipinski definition) is 4. The maximum Gasteiger partial charge on any atom is 0.320 e. The first kappa shape index (κ1) is 17.5. The number of anilines is 1. The lowest BCUT2D eigenvalue weighted by atomic mass is 9.85. The van der Waals surface area contributed by atoms with Crippen molar-refractivity contribution in [3.63, 3.8) is 0 Å². The Balaban J connectivity index is 1.54. The van der Waals surface area contributed by atoms with Gasteiger partial charge in [0, 0.05) is 31.7 Å². The average Bonchev–Trinajstić information content (AvgIpc) is 2.97. The highest BCUT2D eigenvalue weighted by Gasteiger charge is 2.33. The van der Waals surface area contributed by atoms with Crippen LogP contribution >= 0.6 is 0 Å². The Labute approximate surface area is 148 Å². The van der Waals surface area contributed by atoms with Gasteiger partial charge in [-0.2, -0.15) is 0 Å². The van der Waals surface area contributed by atoms with Crippen molar-refractivity contribution in [3.8, 4) is 0 Å². The van der Waals surface area contributed by atoms with Gasteiger partial charge in [-0.3, -0.25) is 10.2 Å². The summed E-state index contributed by atoms with van der Waals surface area (Å²) in [6, 6.07) is 12.1. The molecule has 2 atom stereocenters. The molecule has 2 heterocycles. The molecule has 25 heavy (non-hydrogen) atoms. The largest absolute Gasteiger partial charge is 0.360 e. The number of rotatable bonds is 4. The zero-order valence-corrected chi connectivity index (χ0v) is 15.0. The molecule has 6 heteroatoms. The monoisotopic (exact) mass is 342 g/mol. The minimum absolute atomic E-state index is 0.139. The normalized spacial score (nSPS) is 21.9. The zero-order chi connectivity index (χ0) is 17.8. The maximum atomic E-state index is 12.2. The van der Waals surface area contributed by atoms with E-state index in [1.165, 1.54) is 5.56 Å². The molecule has 0 unspecified atom stereocenters. The highest BCUT2D eigenvalue weighted by molar-refractivity contribution is 5.88. The van der Waals surface area contributed by atoms with Crippen molar-refractivity contribution >= 4 is 11.8 Å². The number of hydrogen-bond donors (Lipinski definition) is 2. The number of amides is 2. The van der Waals surface area contributed by atoms with Crippen molar-refractivity contribution in [2.24, 2.45) is 11.8 Å². The summed E-state index contributed by atoms with van der Waals surface area (Å²) in [6.45, 7) is 9.06. The van der Waals surface area contributed by atoms with Crippen molar-refractivity contribution in [2.45, 2.75) is 33.4 Å². The second-order valence-corrected chi connectivity index (χ2v) is 7.08. The number of urea groups is 1. The van der Waals surface area contributed by atoms with Crippen molar-refractivity contribution in [2.75, 3.05) is 18.4 Å². The van der Waals surface area contributed by atoms with Gasteiger partial charge < -0.3 is 9.84 Å². The molecule has 1 aromatic carbocycles. The molecule has 2 N–H and O–H groups in total. The first-order valence-electron chi connectivity index (χ1n) is 8.78. The lowest BCUT2D eigenvalue weighted by molar-refractivity contribution is 0.0994. The predicted molar refractivity (Wildman–Crippen MR) is 97.2 cm³/mol. The van der Waals surface area contributed by atoms with Gasteiger partial charge in [-0.25, -0.2) is 4.79 Å². The molecule has 2 aromatic rings. The van der Waals surface area contributed by atoms with Crippen molar-refractivity contribution in [3.05, 3.63) is 47.7 Å². The van der Waals surface area contributed by atoms with Gasteiger partial charge in [-0.05, 0) is 24.3 Å². The molecular weight excluding hydrogens is 316 g/mol. The number of aromatic nitrogens is 1. The third-order valence-corrected chi connectivity index (χ3v) is 4.73. The summed E-state index contributed by atoms with van der Waals surface area (Å²) in [7, 11) is 0. The van der Waals surface area contributed by atoms with Crippen LogP contribution in [0.25, 0.3) is 0 Å². The summed E-state index contributed by atoms with van der Waals surface area (Å²) < 4.78 is 4.97. The fourth-order valence-electron chi connectivity index (χ4n) is 3.66. The van der Waals surface area contributed by atoms with E-state index in [-0.39, 0.29) is 12.1 Å². The zero-order valence-electron chi connectivity index (χ0n) is 15.0. The molecule has 0 bridgehead atoms. The van der Waals surface area contributed by atoms with E-state index in [4.69, 9.17) is 4.52 Å². The van der Waals surface area contributed by atoms with Gasteiger partial charge in [0.15, 0.2) is 5.82 Å². The second kappa shape index (κ2) is 7.70. The van der Waals surface area contributed by atoms with Crippen LogP contribution in [0, 0.1) is 18.8 Å². The summed E-state index contributed by atoms with van der Waals surface area (Å²) in [5, 5.41) is 9.63. The molecule has 0 radical (unpaired) electrons. The SMILES string of the molecule is Cc1cc(NC(=O)NC2[C@@H](C)CN(Cc3ccccc3)C[C@@H]2C)no1. The minimum atomic E-state index is -0.228. The summed E-state index contributed by atoms with van der Waals surface area (Å²) in [5.74, 6) is 1.86. The Morgan fingerprint density at radius 2 is 1.92 bits per heavy atom. The molecule has 134 valence electrons. The molecule has 0 aliphatic carbocycles. The molecule has 6 nitrogen and oxygen atoms in total. The quantitative estimate of drug-likeness (QED) is 0.895. The molecular formula is C19H26N4O2. The van der Waals surface area contributed by atoms with E-state index in [0.717, 1.165) is 19.6 Å². The van der Waals surface area contributed by atoms with E-state index >= 15 is 0 Å². The summed E-state index contributed by atoms with van der Waals surface area (Å²) in [5.41, 5.74) is 1.33. The number of benzene rings is 1. The number of piperidine rings is 1. The molecule has 1 aliphatic rings. The number of likely N-dealkylation sites (tertiary alicyclic amines) is 1. The van der Waals surface area contributed by atoms with Crippen LogP contribution < -0.4 is 10.6 Å². The second-order valence-electron chi connectivity index (χ2n) is 7.08. The maximum absolute atomic E-state index is 12.2. The molecule has 1 aromatic heterocycles. The first-order chi connectivity index (χ1) is 12.0. The molecule has 1 saturated heterocycles. The summed E-state index contributed by atoms with van der Waals surface area (Å²) >= 11 is 0. The van der Waals surface area contributed by atoms with Crippen LogP contribution in [0.5, 0.6) is 0 Å². The Bertz CT molecular complexity index is 688. The molecule has 3 rings (SSSR count). The Morgan fingerprint density at radius 3 is 2.52 bits per heavy atom. The topological polar surface area (TPSA) is 70.4 Å². The highest BCUT2D eigenvalue weighted by atomic mass is 16.5. The number of nitrogens with one attached hydrogen (secondary N) is 2. The van der Waals surface area contributed by atoms with Crippen molar-refractivity contribution < 1.29 is 9.32 Å². The van der Waals surface area contributed by atoms with E-state index in [1.807, 2.05) is 6.07 Å². The molecule has 1 fully saturated rings. The van der Waals surface area contributed by atoms with Crippen LogP contribution in [0.1, 0.15) is 25.2 Å². The lowest BCUT2D eigenvalue weighted by Crippen LogP contribution is -2.55. The molecule has 0 spiro atoms. The number of aryl methyl sites for hydroxylation is 1. The van der Waals surface area contributed by atoms with E-state index in [1.54, 1.807) is 13.0 Å². The van der Waals surface area contributed by atoms with Crippen LogP contribution in [0.4, 0.5) is 10.6 Å². The number of carbonyl (C=O) groups is 1. The van der Waals surface area contributed by atoms with Crippen LogP contribution in [0.3, 0.4) is 0 Å². The fraction of sp³-hybridized carbons (Fsp3) is 0.474. The standard InChI is InChI=1S/C19H26N4O2/c1-13-10-23(12-16-7-5-4-6-8-16)11-14(2)18(13)21-19(24)20-17-9-15(3)25-22-17/h4-9,13-14,18H,10-12H2,1-3H3,(H2,20,21,22,24)/t13-,14-/m0/s1. The fourth-order valence-corrected chi connectivity index (χ4v) is 3.66. The van der Waals surface area contributed by atoms with Gasteiger partial charge >= 0.3 is 6.03 Å². The molecule has 1 aliphatic heterocycles. The minimum Gasteiger partial charge on any atom is -0.360 e. The predicted octanol–water partition coefficient (Wildman–Crippen LogP) is 3.26. The Morgan fingerprint density at radius 1 is 1.24 bits per heavy atom. The summed E-state index contributed by atoms with van der Waals surface area (Å²) in [6.07, 6.45) is 0. The van der Waals surface area contributed by atoms with Gasteiger partial charge in [-0.1, -0.05) is 49.3 Å². The van der Waals surface area contributed by atoms with Gasteiger partial charge in [0.05, 0.1) is 0 Å². The van der Waals surface area contributed by atoms with E-state index in [2.05, 4.69) is 58.8 Å². The average molecular weight is 342 g/mol. The molecule has 0 saturated carbocycles. The van der Waals surface area contributed by atoms with Crippen molar-refractivity contribution in [1.82, 2.24) is 15.4 Å². The number of nitrogens with zero attached hydrogens (tertiary/aromatic N) is 2. The van der Waals surface area contributed by atoms with Gasteiger partial charge in [0.25, 0.3) is 0 Å². The van der Waals surface area contributed by atoms with Crippen LogP contribution in [-0.4, -0.2) is 35.2 Å². The lowest BCUT2D eigenvalue weighted by Gasteiger charge is -2.41. The third-order valence-electron chi connectivity index (χ3n) is 4.73. The first-order valence-corrected chi connectivity index (χ1v) is 8.78. The van der Waals surface area contributed by atoms with Crippen LogP contribution in [0.2, 0.25) is 0 Å². The van der Waals surface area contributed by atoms with Crippen LogP contribution in [-0.2, 0) is 6.54 Å². The van der Waals surface area contributed by atoms with E-state index in [9.17, 15) is 4.79 Å². The Hall–Kier alpha value is -2.34. The van der Waals surface area contributed by atoms with Crippen molar-refractivity contribution in [1.29, 1.82) is 0 Å². The smallest absolute Gasteiger partial charge is 0.320 e. The Kier molecular flexibility index (Phi) is 5.38. The van der Waals surface area contributed by atoms with E-state index < -0.39 is 0 Å².